The van der Waals surface area contributed by atoms with Crippen LogP contribution in [0, 0.1) is 40.2 Å². The van der Waals surface area contributed by atoms with Crippen LogP contribution in [0.4, 0.5) is 22.0 Å². The topological polar surface area (TPSA) is 123 Å². The maximum Gasteiger partial charge on any atom is 0.407 e. The zero-order chi connectivity index (χ0) is 32.1. The van der Waals surface area contributed by atoms with E-state index < -0.39 is 69.6 Å². The second-order valence-corrected chi connectivity index (χ2v) is 12.2. The van der Waals surface area contributed by atoms with Crippen LogP contribution in [0.2, 0.25) is 0 Å². The molecule has 0 aliphatic heterocycles. The van der Waals surface area contributed by atoms with Crippen LogP contribution in [-0.4, -0.2) is 38.8 Å². The number of hydrogen-bond donors (Lipinski definition) is 2. The number of sulfone groups is 1. The van der Waals surface area contributed by atoms with Crippen LogP contribution in [0.1, 0.15) is 36.6 Å². The van der Waals surface area contributed by atoms with Crippen LogP contribution < -0.4 is 10.6 Å². The summed E-state index contributed by atoms with van der Waals surface area (Å²) in [5.74, 6) is -3.87. The van der Waals surface area contributed by atoms with Crippen molar-refractivity contribution in [2.24, 2.45) is 5.92 Å². The van der Waals surface area contributed by atoms with E-state index in [4.69, 9.17) is 5.26 Å². The first-order valence-corrected chi connectivity index (χ1v) is 14.8. The first kappa shape index (κ1) is 33.2. The number of nitrogens with zero attached hydrogens (tertiary/aromatic N) is 2. The number of carbonyl (C=O) groups excluding carboxylic acids is 1. The Morgan fingerprint density at radius 2 is 1.44 bits per heavy atom. The van der Waals surface area contributed by atoms with Crippen LogP contribution in [0.15, 0.2) is 65.6 Å². The molecule has 0 saturated carbocycles. The lowest BCUT2D eigenvalue weighted by molar-refractivity contribution is -0.161. The molecule has 3 aromatic carbocycles. The Balaban J connectivity index is 1.82. The number of carbonyl (C=O) groups is 1. The standard InChI is InChI=1S/C30H27F5N4O3S/c1-17(2)27(29(40)38-22(16-37)14-24-25(31)12-18(15-36)13-26(24)32)39-28(30(33,34)35)21-6-4-19(5-7-21)20-8-10-23(11-9-20)43(3,41)42/h4-13,17,22,27-28,39H,14H2,1-3H3,(H,38,40)/t22-,27?,28-/m0/s1. The summed E-state index contributed by atoms with van der Waals surface area (Å²) in [7, 11) is -3.42. The molecule has 3 aromatic rings. The molecule has 1 amide bonds. The largest absolute Gasteiger partial charge is 0.407 e. The summed E-state index contributed by atoms with van der Waals surface area (Å²) in [4.78, 5) is 13.2. The molecule has 2 N–H and O–H groups in total. The molecule has 0 aliphatic rings. The van der Waals surface area contributed by atoms with E-state index in [1.165, 1.54) is 62.4 Å². The van der Waals surface area contributed by atoms with E-state index >= 15 is 0 Å². The number of nitrogens with one attached hydrogen (secondary N) is 2. The third-order valence-corrected chi connectivity index (χ3v) is 7.76. The Labute approximate surface area is 245 Å². The zero-order valence-electron chi connectivity index (χ0n) is 23.2. The van der Waals surface area contributed by atoms with E-state index in [0.29, 0.717) is 11.1 Å². The molecule has 43 heavy (non-hydrogen) atoms. The fourth-order valence-corrected chi connectivity index (χ4v) is 4.98. The predicted octanol–water partition coefficient (Wildman–Crippen LogP) is 5.38. The third kappa shape index (κ3) is 8.37. The Hall–Kier alpha value is -4.33. The number of halogens is 5. The highest BCUT2D eigenvalue weighted by Crippen LogP contribution is 2.35. The Morgan fingerprint density at radius 1 is 0.930 bits per heavy atom. The summed E-state index contributed by atoms with van der Waals surface area (Å²) < 4.78 is 94.7. The van der Waals surface area contributed by atoms with Gasteiger partial charge >= 0.3 is 6.18 Å². The lowest BCUT2D eigenvalue weighted by Gasteiger charge is -2.30. The third-order valence-electron chi connectivity index (χ3n) is 6.63. The van der Waals surface area contributed by atoms with E-state index in [0.717, 1.165) is 18.4 Å². The fraction of sp³-hybridized carbons (Fsp3) is 0.300. The average Bonchev–Trinajstić information content (AvgIpc) is 2.93. The monoisotopic (exact) mass is 618 g/mol. The highest BCUT2D eigenvalue weighted by atomic mass is 32.2. The molecule has 226 valence electrons. The van der Waals surface area contributed by atoms with Gasteiger partial charge in [-0.2, -0.15) is 23.7 Å². The first-order chi connectivity index (χ1) is 20.0. The minimum Gasteiger partial charge on any atom is -0.339 e. The summed E-state index contributed by atoms with van der Waals surface area (Å²) >= 11 is 0. The Bertz CT molecular complexity index is 1640. The Morgan fingerprint density at radius 3 is 1.86 bits per heavy atom. The normalized spacial score (nSPS) is 13.9. The zero-order valence-corrected chi connectivity index (χ0v) is 24.0. The number of benzene rings is 3. The van der Waals surface area contributed by atoms with Crippen LogP contribution in [0.3, 0.4) is 0 Å². The highest BCUT2D eigenvalue weighted by Gasteiger charge is 2.43. The van der Waals surface area contributed by atoms with E-state index in [1.807, 2.05) is 0 Å². The van der Waals surface area contributed by atoms with Gasteiger partial charge in [0.25, 0.3) is 0 Å². The van der Waals surface area contributed by atoms with E-state index in [9.17, 15) is 40.4 Å². The predicted molar refractivity (Wildman–Crippen MR) is 148 cm³/mol. The van der Waals surface area contributed by atoms with Crippen LogP contribution in [0.25, 0.3) is 11.1 Å². The van der Waals surface area contributed by atoms with Crippen LogP contribution in [0.5, 0.6) is 0 Å². The van der Waals surface area contributed by atoms with Crippen molar-refractivity contribution in [2.45, 2.75) is 49.5 Å². The second kappa shape index (κ2) is 13.3. The van der Waals surface area contributed by atoms with Crippen molar-refractivity contribution >= 4 is 15.7 Å². The molecule has 1 unspecified atom stereocenters. The molecule has 0 fully saturated rings. The number of nitriles is 2. The van der Waals surface area contributed by atoms with Gasteiger partial charge in [-0.3, -0.25) is 10.1 Å². The molecule has 0 heterocycles. The summed E-state index contributed by atoms with van der Waals surface area (Å²) in [6.07, 6.45) is -4.40. The summed E-state index contributed by atoms with van der Waals surface area (Å²) in [6, 6.07) is 10.8. The van der Waals surface area contributed by atoms with Crippen molar-refractivity contribution in [3.05, 3.63) is 89.0 Å². The van der Waals surface area contributed by atoms with Crippen molar-refractivity contribution < 1.29 is 35.2 Å². The Kier molecular flexibility index (Phi) is 10.3. The van der Waals surface area contributed by atoms with Gasteiger partial charge in [-0.25, -0.2) is 17.2 Å². The summed E-state index contributed by atoms with van der Waals surface area (Å²) in [5.41, 5.74) is 0.0613. The van der Waals surface area contributed by atoms with Crippen LogP contribution in [-0.2, 0) is 21.1 Å². The molecule has 0 aliphatic carbocycles. The van der Waals surface area contributed by atoms with Crippen LogP contribution >= 0.6 is 0 Å². The van der Waals surface area contributed by atoms with Gasteiger partial charge < -0.3 is 5.32 Å². The maximum absolute atomic E-state index is 14.3. The number of hydrogen-bond acceptors (Lipinski definition) is 6. The fourth-order valence-electron chi connectivity index (χ4n) is 4.35. The van der Waals surface area contributed by atoms with Crippen molar-refractivity contribution in [3.63, 3.8) is 0 Å². The SMILES string of the molecule is CC(C)C(N[C@@H](c1ccc(-c2ccc(S(C)(=O)=O)cc2)cc1)C(F)(F)F)C(=O)N[C@H](C#N)Cc1c(F)cc(C#N)cc1F. The van der Waals surface area contributed by atoms with Gasteiger partial charge in [0.2, 0.25) is 5.91 Å². The molecule has 7 nitrogen and oxygen atoms in total. The molecule has 13 heteroatoms. The average molecular weight is 619 g/mol. The van der Waals surface area contributed by atoms with Crippen molar-refractivity contribution in [1.29, 1.82) is 10.5 Å². The van der Waals surface area contributed by atoms with E-state index in [2.05, 4.69) is 10.6 Å². The quantitative estimate of drug-likeness (QED) is 0.295. The molecule has 0 aromatic heterocycles. The molecule has 3 atom stereocenters. The van der Waals surface area contributed by atoms with Gasteiger partial charge in [0.1, 0.15) is 23.7 Å². The summed E-state index contributed by atoms with van der Waals surface area (Å²) in [5, 5.41) is 23.0. The molecular weight excluding hydrogens is 591 g/mol. The van der Waals surface area contributed by atoms with E-state index in [-0.39, 0.29) is 16.0 Å². The van der Waals surface area contributed by atoms with Gasteiger partial charge in [0, 0.05) is 18.2 Å². The number of alkyl halides is 3. The van der Waals surface area contributed by atoms with Gasteiger partial charge in [-0.1, -0.05) is 50.2 Å². The lowest BCUT2D eigenvalue weighted by Crippen LogP contribution is -2.53. The highest BCUT2D eigenvalue weighted by molar-refractivity contribution is 7.90. The van der Waals surface area contributed by atoms with Gasteiger partial charge in [-0.05, 0) is 46.9 Å². The van der Waals surface area contributed by atoms with Crippen molar-refractivity contribution in [1.82, 2.24) is 10.6 Å². The van der Waals surface area contributed by atoms with Gasteiger partial charge in [0.05, 0.1) is 28.6 Å². The van der Waals surface area contributed by atoms with Crippen molar-refractivity contribution in [3.8, 4) is 23.3 Å². The van der Waals surface area contributed by atoms with E-state index in [1.54, 1.807) is 12.1 Å². The molecule has 0 saturated heterocycles. The second-order valence-electron chi connectivity index (χ2n) is 10.2. The maximum atomic E-state index is 14.3. The van der Waals surface area contributed by atoms with Gasteiger partial charge in [0.15, 0.2) is 9.84 Å². The minimum absolute atomic E-state index is 0.0954. The lowest BCUT2D eigenvalue weighted by atomic mass is 9.96. The smallest absolute Gasteiger partial charge is 0.339 e. The minimum atomic E-state index is -4.84. The number of amides is 1. The van der Waals surface area contributed by atoms with Gasteiger partial charge in [-0.15, -0.1) is 0 Å². The molecule has 3 rings (SSSR count). The van der Waals surface area contributed by atoms with Crippen molar-refractivity contribution in [2.75, 3.05) is 6.26 Å². The number of rotatable bonds is 10. The molecule has 0 radical (unpaired) electrons. The molecule has 0 bridgehead atoms. The molecular formula is C30H27F5N4O3S. The first-order valence-electron chi connectivity index (χ1n) is 12.9. The summed E-state index contributed by atoms with van der Waals surface area (Å²) in [6.45, 7) is 2.99. The molecule has 0 spiro atoms.